The van der Waals surface area contributed by atoms with Crippen molar-refractivity contribution in [3.05, 3.63) is 40.1 Å². The Hall–Kier alpha value is -1.58. The van der Waals surface area contributed by atoms with Crippen molar-refractivity contribution in [1.82, 2.24) is 15.2 Å². The number of aromatic nitrogens is 3. The summed E-state index contributed by atoms with van der Waals surface area (Å²) >= 11 is 3.28. The molecule has 0 atom stereocenters. The predicted octanol–water partition coefficient (Wildman–Crippen LogP) is 1.20. The number of nitrogens with one attached hydrogen (secondary N) is 1. The van der Waals surface area contributed by atoms with Crippen LogP contribution < -0.4 is 10.5 Å². The highest BCUT2D eigenvalue weighted by atomic mass is 79.9. The van der Waals surface area contributed by atoms with Crippen LogP contribution in [0, 0.1) is 6.92 Å². The SMILES string of the molecule is Cc1cc(CN)cc(S(=O)(=O)Nc2nccnn2)c1Br. The molecule has 9 heteroatoms. The van der Waals surface area contributed by atoms with Crippen LogP contribution in [0.1, 0.15) is 11.1 Å². The Morgan fingerprint density at radius 1 is 1.35 bits per heavy atom. The van der Waals surface area contributed by atoms with Crippen LogP contribution in [0.15, 0.2) is 33.9 Å². The van der Waals surface area contributed by atoms with Crippen LogP contribution in [0.4, 0.5) is 5.95 Å². The van der Waals surface area contributed by atoms with Gasteiger partial charge in [-0.3, -0.25) is 0 Å². The molecule has 0 spiro atoms. The summed E-state index contributed by atoms with van der Waals surface area (Å²) < 4.78 is 27.5. The van der Waals surface area contributed by atoms with Crippen molar-refractivity contribution < 1.29 is 8.42 Å². The smallest absolute Gasteiger partial charge is 0.265 e. The van der Waals surface area contributed by atoms with E-state index in [1.165, 1.54) is 18.5 Å². The van der Waals surface area contributed by atoms with Gasteiger partial charge in [0.1, 0.15) is 4.90 Å². The van der Waals surface area contributed by atoms with Crippen molar-refractivity contribution in [2.75, 3.05) is 4.72 Å². The summed E-state index contributed by atoms with van der Waals surface area (Å²) in [6.45, 7) is 2.04. The van der Waals surface area contributed by atoms with Crippen molar-refractivity contribution in [2.45, 2.75) is 18.4 Å². The summed E-state index contributed by atoms with van der Waals surface area (Å²) in [6, 6.07) is 3.33. The van der Waals surface area contributed by atoms with Gasteiger partial charge < -0.3 is 5.73 Å². The van der Waals surface area contributed by atoms with Gasteiger partial charge in [-0.25, -0.2) is 18.1 Å². The van der Waals surface area contributed by atoms with E-state index >= 15 is 0 Å². The Balaban J connectivity index is 2.47. The number of benzene rings is 1. The number of rotatable bonds is 4. The molecule has 0 radical (unpaired) electrons. The van der Waals surface area contributed by atoms with E-state index in [4.69, 9.17) is 5.73 Å². The van der Waals surface area contributed by atoms with Crippen LogP contribution in [0.2, 0.25) is 0 Å². The molecule has 1 aromatic heterocycles. The lowest BCUT2D eigenvalue weighted by atomic mass is 10.1. The maximum Gasteiger partial charge on any atom is 0.265 e. The topological polar surface area (TPSA) is 111 Å². The van der Waals surface area contributed by atoms with E-state index < -0.39 is 10.0 Å². The fraction of sp³-hybridized carbons (Fsp3) is 0.182. The molecule has 2 rings (SSSR count). The molecular weight excluding hydrogens is 346 g/mol. The van der Waals surface area contributed by atoms with Crippen LogP contribution in [0.3, 0.4) is 0 Å². The zero-order chi connectivity index (χ0) is 14.8. The predicted molar refractivity (Wildman–Crippen MR) is 77.4 cm³/mol. The lowest BCUT2D eigenvalue weighted by Crippen LogP contribution is -2.17. The largest absolute Gasteiger partial charge is 0.326 e. The Bertz CT molecular complexity index is 721. The Morgan fingerprint density at radius 2 is 2.10 bits per heavy atom. The van der Waals surface area contributed by atoms with Gasteiger partial charge in [-0.2, -0.15) is 5.10 Å². The second kappa shape index (κ2) is 5.81. The average Bonchev–Trinajstić information content (AvgIpc) is 2.42. The molecule has 20 heavy (non-hydrogen) atoms. The lowest BCUT2D eigenvalue weighted by Gasteiger charge is -2.11. The average molecular weight is 358 g/mol. The molecule has 3 N–H and O–H groups in total. The Morgan fingerprint density at radius 3 is 2.70 bits per heavy atom. The second-order valence-corrected chi connectivity index (χ2v) is 6.44. The summed E-state index contributed by atoms with van der Waals surface area (Å²) in [5.74, 6) is -0.0878. The summed E-state index contributed by atoms with van der Waals surface area (Å²) in [7, 11) is -3.82. The highest BCUT2D eigenvalue weighted by Crippen LogP contribution is 2.28. The third kappa shape index (κ3) is 3.11. The minimum absolute atomic E-state index is 0.0878. The molecule has 7 nitrogen and oxygen atoms in total. The van der Waals surface area contributed by atoms with Gasteiger partial charge in [0.2, 0.25) is 0 Å². The highest BCUT2D eigenvalue weighted by Gasteiger charge is 2.21. The molecule has 1 heterocycles. The Kier molecular flexibility index (Phi) is 4.31. The second-order valence-electron chi connectivity index (χ2n) is 4.00. The van der Waals surface area contributed by atoms with E-state index in [2.05, 4.69) is 35.8 Å². The maximum atomic E-state index is 12.4. The highest BCUT2D eigenvalue weighted by molar-refractivity contribution is 9.10. The van der Waals surface area contributed by atoms with Gasteiger partial charge >= 0.3 is 0 Å². The first-order valence-corrected chi connectivity index (χ1v) is 7.87. The van der Waals surface area contributed by atoms with Crippen molar-refractivity contribution >= 4 is 31.9 Å². The van der Waals surface area contributed by atoms with E-state index in [1.54, 1.807) is 6.92 Å². The monoisotopic (exact) mass is 357 g/mol. The van der Waals surface area contributed by atoms with Gasteiger partial charge in [0.15, 0.2) is 0 Å². The zero-order valence-corrected chi connectivity index (χ0v) is 12.9. The molecule has 0 aliphatic rings. The number of hydrogen-bond acceptors (Lipinski definition) is 6. The quantitative estimate of drug-likeness (QED) is 0.850. The van der Waals surface area contributed by atoms with Gasteiger partial charge in [0, 0.05) is 11.0 Å². The molecule has 0 amide bonds. The zero-order valence-electron chi connectivity index (χ0n) is 10.5. The van der Waals surface area contributed by atoms with Crippen molar-refractivity contribution in [1.29, 1.82) is 0 Å². The van der Waals surface area contributed by atoms with E-state index in [0.29, 0.717) is 4.47 Å². The molecule has 0 aliphatic heterocycles. The molecular formula is C11H12BrN5O2S. The third-order valence-electron chi connectivity index (χ3n) is 2.51. The molecule has 1 aromatic carbocycles. The van der Waals surface area contributed by atoms with Crippen LogP contribution in [-0.2, 0) is 16.6 Å². The first-order valence-electron chi connectivity index (χ1n) is 5.59. The van der Waals surface area contributed by atoms with Gasteiger partial charge in [0.05, 0.1) is 12.4 Å². The number of hydrogen-bond donors (Lipinski definition) is 2. The lowest BCUT2D eigenvalue weighted by molar-refractivity contribution is 0.600. The Labute approximate surface area is 124 Å². The standard InChI is InChI=1S/C11H12BrN5O2S/c1-7-4-8(6-13)5-9(10(7)12)20(18,19)17-11-14-2-3-15-16-11/h2-5H,6,13H2,1H3,(H,14,16,17). The number of aryl methyl sites for hydroxylation is 1. The molecule has 0 saturated heterocycles. The van der Waals surface area contributed by atoms with E-state index in [1.807, 2.05) is 6.07 Å². The van der Waals surface area contributed by atoms with Gasteiger partial charge in [-0.15, -0.1) is 5.10 Å². The molecule has 0 unspecified atom stereocenters. The van der Waals surface area contributed by atoms with Crippen molar-refractivity contribution in [3.63, 3.8) is 0 Å². The van der Waals surface area contributed by atoms with E-state index in [0.717, 1.165) is 11.1 Å². The molecule has 106 valence electrons. The maximum absolute atomic E-state index is 12.4. The fourth-order valence-corrected chi connectivity index (χ4v) is 3.61. The summed E-state index contributed by atoms with van der Waals surface area (Å²) in [5.41, 5.74) is 7.07. The number of sulfonamides is 1. The van der Waals surface area contributed by atoms with Gasteiger partial charge in [-0.1, -0.05) is 6.07 Å². The summed E-state index contributed by atoms with van der Waals surface area (Å²) in [4.78, 5) is 3.87. The van der Waals surface area contributed by atoms with Gasteiger partial charge in [-0.05, 0) is 40.0 Å². The van der Waals surface area contributed by atoms with Crippen molar-refractivity contribution in [2.24, 2.45) is 5.73 Å². The van der Waals surface area contributed by atoms with E-state index in [9.17, 15) is 8.42 Å². The third-order valence-corrected chi connectivity index (χ3v) is 5.18. The van der Waals surface area contributed by atoms with Gasteiger partial charge in [0.25, 0.3) is 16.0 Å². The minimum atomic E-state index is -3.82. The van der Waals surface area contributed by atoms with Crippen LogP contribution >= 0.6 is 15.9 Å². The van der Waals surface area contributed by atoms with Crippen molar-refractivity contribution in [3.8, 4) is 0 Å². The first-order chi connectivity index (χ1) is 9.44. The normalized spacial score (nSPS) is 11.3. The van der Waals surface area contributed by atoms with Crippen LogP contribution in [0.5, 0.6) is 0 Å². The number of nitrogens with two attached hydrogens (primary N) is 1. The van der Waals surface area contributed by atoms with Crippen LogP contribution in [0.25, 0.3) is 0 Å². The molecule has 0 bridgehead atoms. The number of halogens is 1. The van der Waals surface area contributed by atoms with E-state index in [-0.39, 0.29) is 17.4 Å². The molecule has 0 saturated carbocycles. The molecule has 0 fully saturated rings. The summed E-state index contributed by atoms with van der Waals surface area (Å²) in [5, 5.41) is 7.16. The number of anilines is 1. The minimum Gasteiger partial charge on any atom is -0.326 e. The molecule has 0 aliphatic carbocycles. The number of nitrogens with zero attached hydrogens (tertiary/aromatic N) is 3. The first kappa shape index (κ1) is 14.8. The summed E-state index contributed by atoms with van der Waals surface area (Å²) in [6.07, 6.45) is 2.70. The van der Waals surface area contributed by atoms with Crippen LogP contribution in [-0.4, -0.2) is 23.6 Å². The molecule has 2 aromatic rings. The fourth-order valence-electron chi connectivity index (χ4n) is 1.59.